The standard InChI is InChI=1S/C43H27N3/c1-44-30-14-12-13-29(27-30)38-28-31(45-39-20-7-3-16-34(39)35-17-4-8-21-40(35)45)25-26-32(38)33-15-2-9-22-41(33)46-42-23-10-5-18-36(42)37-19-6-11-24-43(37)46/h2-28H. The molecule has 3 nitrogen and oxygen atoms in total. The lowest BCUT2D eigenvalue weighted by Gasteiger charge is -2.19. The number of nitrogens with zero attached hydrogens (tertiary/aromatic N) is 3. The highest BCUT2D eigenvalue weighted by atomic mass is 15.0. The fourth-order valence-electron chi connectivity index (χ4n) is 7.17. The SMILES string of the molecule is [C-]#[N+]c1cccc(-c2cc(-n3c4ccccc4c4ccccc43)ccc2-c2ccccc2-n2c3ccccc3c3ccccc32)c1. The van der Waals surface area contributed by atoms with Crippen LogP contribution >= 0.6 is 0 Å². The van der Waals surface area contributed by atoms with E-state index in [1.807, 2.05) is 18.2 Å². The van der Waals surface area contributed by atoms with Gasteiger partial charge in [-0.15, -0.1) is 0 Å². The molecule has 0 N–H and O–H groups in total. The molecule has 2 heterocycles. The number of aromatic nitrogens is 2. The second-order valence-corrected chi connectivity index (χ2v) is 11.6. The number of hydrogen-bond acceptors (Lipinski definition) is 0. The quantitative estimate of drug-likeness (QED) is 0.182. The number of para-hydroxylation sites is 5. The molecule has 0 saturated carbocycles. The van der Waals surface area contributed by atoms with Crippen LogP contribution in [0.2, 0.25) is 0 Å². The van der Waals surface area contributed by atoms with Crippen molar-refractivity contribution in [2.45, 2.75) is 0 Å². The van der Waals surface area contributed by atoms with Gasteiger partial charge >= 0.3 is 0 Å². The van der Waals surface area contributed by atoms with Crippen molar-refractivity contribution in [2.75, 3.05) is 0 Å². The summed E-state index contributed by atoms with van der Waals surface area (Å²) in [4.78, 5) is 3.78. The summed E-state index contributed by atoms with van der Waals surface area (Å²) in [6.07, 6.45) is 0. The molecule has 0 radical (unpaired) electrons. The molecule has 0 amide bonds. The van der Waals surface area contributed by atoms with Gasteiger partial charge in [-0.1, -0.05) is 115 Å². The predicted octanol–water partition coefficient (Wildman–Crippen LogP) is 11.8. The van der Waals surface area contributed by atoms with Gasteiger partial charge < -0.3 is 9.13 Å². The Morgan fingerprint density at radius 1 is 0.391 bits per heavy atom. The number of benzene rings is 7. The summed E-state index contributed by atoms with van der Waals surface area (Å²) >= 11 is 0. The molecule has 0 aliphatic heterocycles. The maximum Gasteiger partial charge on any atom is 0.187 e. The second-order valence-electron chi connectivity index (χ2n) is 11.6. The van der Waals surface area contributed by atoms with Crippen LogP contribution in [-0.2, 0) is 0 Å². The third kappa shape index (κ3) is 3.91. The zero-order chi connectivity index (χ0) is 30.6. The Hall–Kier alpha value is -6.37. The molecule has 0 atom stereocenters. The average Bonchev–Trinajstić information content (AvgIpc) is 3.64. The first kappa shape index (κ1) is 26.1. The molecule has 46 heavy (non-hydrogen) atoms. The Balaban J connectivity index is 1.35. The van der Waals surface area contributed by atoms with Crippen LogP contribution in [-0.4, -0.2) is 9.13 Å². The van der Waals surface area contributed by atoms with Crippen molar-refractivity contribution in [2.24, 2.45) is 0 Å². The van der Waals surface area contributed by atoms with Gasteiger partial charge in [-0.25, -0.2) is 4.85 Å². The Morgan fingerprint density at radius 3 is 1.50 bits per heavy atom. The maximum atomic E-state index is 7.76. The minimum absolute atomic E-state index is 0.626. The van der Waals surface area contributed by atoms with E-state index >= 15 is 0 Å². The zero-order valence-electron chi connectivity index (χ0n) is 24.9. The lowest BCUT2D eigenvalue weighted by molar-refractivity contribution is 1.17. The number of rotatable bonds is 4. The molecule has 214 valence electrons. The third-order valence-electron chi connectivity index (χ3n) is 9.14. The first-order valence-corrected chi connectivity index (χ1v) is 15.5. The fourth-order valence-corrected chi connectivity index (χ4v) is 7.17. The van der Waals surface area contributed by atoms with Gasteiger partial charge in [-0.3, -0.25) is 0 Å². The fraction of sp³-hybridized carbons (Fsp3) is 0. The molecule has 0 unspecified atom stereocenters. The molecule has 0 fully saturated rings. The highest BCUT2D eigenvalue weighted by Crippen LogP contribution is 2.42. The average molecular weight is 586 g/mol. The molecule has 0 aliphatic carbocycles. The van der Waals surface area contributed by atoms with Crippen molar-refractivity contribution in [1.29, 1.82) is 0 Å². The molecule has 0 spiro atoms. The van der Waals surface area contributed by atoms with Crippen molar-refractivity contribution < 1.29 is 0 Å². The van der Waals surface area contributed by atoms with Gasteiger partial charge in [0.1, 0.15) is 0 Å². The van der Waals surface area contributed by atoms with E-state index < -0.39 is 0 Å². The summed E-state index contributed by atoms with van der Waals surface area (Å²) in [6.45, 7) is 7.76. The van der Waals surface area contributed by atoms with Crippen LogP contribution in [0.3, 0.4) is 0 Å². The highest BCUT2D eigenvalue weighted by Gasteiger charge is 2.19. The van der Waals surface area contributed by atoms with E-state index in [0.717, 1.165) is 33.6 Å². The van der Waals surface area contributed by atoms with Crippen molar-refractivity contribution in [3.63, 3.8) is 0 Å². The van der Waals surface area contributed by atoms with Gasteiger partial charge in [-0.2, -0.15) is 0 Å². The number of hydrogen-bond donors (Lipinski definition) is 0. The van der Waals surface area contributed by atoms with Crippen LogP contribution in [0.25, 0.3) is 82.1 Å². The van der Waals surface area contributed by atoms with Gasteiger partial charge in [0, 0.05) is 32.8 Å². The van der Waals surface area contributed by atoms with Crippen molar-refractivity contribution in [3.8, 4) is 33.6 Å². The topological polar surface area (TPSA) is 14.2 Å². The molecule has 3 heteroatoms. The maximum absolute atomic E-state index is 7.76. The Bertz CT molecular complexity index is 2560. The van der Waals surface area contributed by atoms with Gasteiger partial charge in [0.15, 0.2) is 5.69 Å². The molecule has 0 bridgehead atoms. The molecule has 7 aromatic carbocycles. The summed E-state index contributed by atoms with van der Waals surface area (Å²) < 4.78 is 4.75. The Kier molecular flexibility index (Phi) is 5.88. The minimum Gasteiger partial charge on any atom is -0.309 e. The van der Waals surface area contributed by atoms with Crippen LogP contribution in [0.4, 0.5) is 5.69 Å². The first-order chi connectivity index (χ1) is 22.8. The number of fused-ring (bicyclic) bond motifs is 6. The van der Waals surface area contributed by atoms with Crippen LogP contribution in [0.15, 0.2) is 164 Å². The smallest absolute Gasteiger partial charge is 0.187 e. The molecule has 0 saturated heterocycles. The van der Waals surface area contributed by atoms with E-state index in [0.29, 0.717) is 5.69 Å². The Labute approximate surface area is 266 Å². The Morgan fingerprint density at radius 2 is 0.913 bits per heavy atom. The summed E-state index contributed by atoms with van der Waals surface area (Å²) in [7, 11) is 0. The monoisotopic (exact) mass is 585 g/mol. The summed E-state index contributed by atoms with van der Waals surface area (Å²) in [6, 6.07) is 57.9. The largest absolute Gasteiger partial charge is 0.309 e. The summed E-state index contributed by atoms with van der Waals surface area (Å²) in [5.74, 6) is 0. The summed E-state index contributed by atoms with van der Waals surface area (Å²) in [5, 5.41) is 4.94. The molecular weight excluding hydrogens is 558 g/mol. The third-order valence-corrected chi connectivity index (χ3v) is 9.14. The molecular formula is C43H27N3. The second kappa shape index (κ2) is 10.4. The van der Waals surface area contributed by atoms with Crippen LogP contribution in [0.1, 0.15) is 0 Å². The molecule has 9 aromatic rings. The van der Waals surface area contributed by atoms with Crippen molar-refractivity contribution >= 4 is 49.3 Å². The predicted molar refractivity (Wildman–Crippen MR) is 192 cm³/mol. The highest BCUT2D eigenvalue weighted by molar-refractivity contribution is 6.11. The lowest BCUT2D eigenvalue weighted by Crippen LogP contribution is -1.99. The van der Waals surface area contributed by atoms with E-state index in [1.165, 1.54) is 43.6 Å². The minimum atomic E-state index is 0.626. The van der Waals surface area contributed by atoms with Gasteiger partial charge in [-0.05, 0) is 65.2 Å². The summed E-state index contributed by atoms with van der Waals surface area (Å²) in [5.41, 5.74) is 11.9. The van der Waals surface area contributed by atoms with E-state index in [2.05, 4.69) is 160 Å². The van der Waals surface area contributed by atoms with Gasteiger partial charge in [0.05, 0.1) is 34.3 Å². The lowest BCUT2D eigenvalue weighted by atomic mass is 9.92. The van der Waals surface area contributed by atoms with Gasteiger partial charge in [0.2, 0.25) is 0 Å². The van der Waals surface area contributed by atoms with Crippen molar-refractivity contribution in [1.82, 2.24) is 9.13 Å². The zero-order valence-corrected chi connectivity index (χ0v) is 24.9. The molecule has 0 aliphatic rings. The van der Waals surface area contributed by atoms with Crippen LogP contribution in [0.5, 0.6) is 0 Å². The molecule has 9 rings (SSSR count). The van der Waals surface area contributed by atoms with E-state index in [1.54, 1.807) is 0 Å². The van der Waals surface area contributed by atoms with Gasteiger partial charge in [0.25, 0.3) is 0 Å². The first-order valence-electron chi connectivity index (χ1n) is 15.5. The van der Waals surface area contributed by atoms with Crippen LogP contribution in [0, 0.1) is 6.57 Å². The van der Waals surface area contributed by atoms with Crippen LogP contribution < -0.4 is 0 Å². The van der Waals surface area contributed by atoms with E-state index in [9.17, 15) is 0 Å². The van der Waals surface area contributed by atoms with Crippen molar-refractivity contribution in [3.05, 3.63) is 175 Å². The van der Waals surface area contributed by atoms with E-state index in [-0.39, 0.29) is 0 Å². The molecule has 2 aromatic heterocycles. The normalized spacial score (nSPS) is 11.5. The van der Waals surface area contributed by atoms with E-state index in [4.69, 9.17) is 6.57 Å².